The van der Waals surface area contributed by atoms with Gasteiger partial charge in [0.05, 0.1) is 12.7 Å². The SMILES string of the molecule is CC1CCC[C@H](C)N1CC1CO1. The predicted octanol–water partition coefficient (Wildman–Crippen LogP) is 1.65. The molecule has 12 heavy (non-hydrogen) atoms. The van der Waals surface area contributed by atoms with Crippen LogP contribution in [-0.4, -0.2) is 36.2 Å². The van der Waals surface area contributed by atoms with Gasteiger partial charge in [-0.05, 0) is 26.7 Å². The molecule has 2 saturated heterocycles. The molecule has 70 valence electrons. The van der Waals surface area contributed by atoms with Crippen LogP contribution in [0.25, 0.3) is 0 Å². The van der Waals surface area contributed by atoms with Gasteiger partial charge in [-0.15, -0.1) is 0 Å². The van der Waals surface area contributed by atoms with Gasteiger partial charge < -0.3 is 4.74 Å². The van der Waals surface area contributed by atoms with Crippen molar-refractivity contribution < 1.29 is 4.74 Å². The highest BCUT2D eigenvalue weighted by Crippen LogP contribution is 2.24. The zero-order chi connectivity index (χ0) is 8.55. The monoisotopic (exact) mass is 169 g/mol. The van der Waals surface area contributed by atoms with Crippen molar-refractivity contribution in [3.8, 4) is 0 Å². The summed E-state index contributed by atoms with van der Waals surface area (Å²) >= 11 is 0. The topological polar surface area (TPSA) is 15.8 Å². The van der Waals surface area contributed by atoms with Gasteiger partial charge in [0.1, 0.15) is 0 Å². The van der Waals surface area contributed by atoms with E-state index in [0.717, 1.165) is 18.7 Å². The maximum Gasteiger partial charge on any atom is 0.0936 e. The van der Waals surface area contributed by atoms with Crippen LogP contribution < -0.4 is 0 Å². The van der Waals surface area contributed by atoms with E-state index in [1.807, 2.05) is 0 Å². The van der Waals surface area contributed by atoms with Gasteiger partial charge in [-0.3, -0.25) is 4.90 Å². The lowest BCUT2D eigenvalue weighted by Crippen LogP contribution is -2.45. The highest BCUT2D eigenvalue weighted by Gasteiger charge is 2.31. The van der Waals surface area contributed by atoms with Crippen LogP contribution in [0.4, 0.5) is 0 Å². The summed E-state index contributed by atoms with van der Waals surface area (Å²) in [5.41, 5.74) is 0. The van der Waals surface area contributed by atoms with Crippen molar-refractivity contribution in [3.63, 3.8) is 0 Å². The third-order valence-corrected chi connectivity index (χ3v) is 3.19. The summed E-state index contributed by atoms with van der Waals surface area (Å²) in [7, 11) is 0. The van der Waals surface area contributed by atoms with E-state index in [0.29, 0.717) is 6.10 Å². The molecule has 3 atom stereocenters. The van der Waals surface area contributed by atoms with Crippen molar-refractivity contribution in [3.05, 3.63) is 0 Å². The summed E-state index contributed by atoms with van der Waals surface area (Å²) in [6.07, 6.45) is 4.71. The normalized spacial score (nSPS) is 43.0. The average Bonchev–Trinajstić information content (AvgIpc) is 2.80. The van der Waals surface area contributed by atoms with Gasteiger partial charge in [0.2, 0.25) is 0 Å². The van der Waals surface area contributed by atoms with Crippen LogP contribution in [0.5, 0.6) is 0 Å². The Balaban J connectivity index is 1.88. The Hall–Kier alpha value is -0.0800. The molecule has 0 bridgehead atoms. The average molecular weight is 169 g/mol. The Labute approximate surface area is 74.9 Å². The standard InChI is InChI=1S/C10H19NO/c1-8-4-3-5-9(2)11(8)6-10-7-12-10/h8-10H,3-7H2,1-2H3/t8-,9?,10?/m0/s1. The first-order valence-electron chi connectivity index (χ1n) is 5.14. The first-order chi connectivity index (χ1) is 5.77. The molecule has 0 aliphatic carbocycles. The molecule has 2 rings (SSSR count). The molecule has 0 spiro atoms. The van der Waals surface area contributed by atoms with Gasteiger partial charge in [-0.2, -0.15) is 0 Å². The molecule has 2 nitrogen and oxygen atoms in total. The molecule has 2 aliphatic rings. The van der Waals surface area contributed by atoms with Gasteiger partial charge in [-0.1, -0.05) is 6.42 Å². The molecule has 2 heteroatoms. The number of hydrogen-bond acceptors (Lipinski definition) is 2. The molecule has 2 fully saturated rings. The number of piperidine rings is 1. The second-order valence-corrected chi connectivity index (χ2v) is 4.28. The fourth-order valence-corrected chi connectivity index (χ4v) is 2.24. The third-order valence-electron chi connectivity index (χ3n) is 3.19. The lowest BCUT2D eigenvalue weighted by molar-refractivity contribution is 0.0941. The second-order valence-electron chi connectivity index (χ2n) is 4.28. The Morgan fingerprint density at radius 2 is 1.83 bits per heavy atom. The van der Waals surface area contributed by atoms with Gasteiger partial charge >= 0.3 is 0 Å². The molecule has 2 unspecified atom stereocenters. The molecule has 0 radical (unpaired) electrons. The molecule has 0 aromatic carbocycles. The van der Waals surface area contributed by atoms with Crippen LogP contribution in [-0.2, 0) is 4.74 Å². The highest BCUT2D eigenvalue weighted by atomic mass is 16.6. The van der Waals surface area contributed by atoms with Crippen LogP contribution in [0.1, 0.15) is 33.1 Å². The fraction of sp³-hybridized carbons (Fsp3) is 1.00. The molecule has 0 saturated carbocycles. The highest BCUT2D eigenvalue weighted by molar-refractivity contribution is 4.84. The van der Waals surface area contributed by atoms with Crippen molar-refractivity contribution in [2.75, 3.05) is 13.2 Å². The van der Waals surface area contributed by atoms with Crippen LogP contribution >= 0.6 is 0 Å². The lowest BCUT2D eigenvalue weighted by Gasteiger charge is -2.38. The Kier molecular flexibility index (Phi) is 2.37. The van der Waals surface area contributed by atoms with E-state index >= 15 is 0 Å². The first kappa shape index (κ1) is 8.52. The summed E-state index contributed by atoms with van der Waals surface area (Å²) in [4.78, 5) is 2.61. The van der Waals surface area contributed by atoms with Crippen molar-refractivity contribution in [1.29, 1.82) is 0 Å². The molecule has 2 aliphatic heterocycles. The van der Waals surface area contributed by atoms with Crippen LogP contribution in [0.2, 0.25) is 0 Å². The van der Waals surface area contributed by atoms with E-state index in [4.69, 9.17) is 4.74 Å². The van der Waals surface area contributed by atoms with Gasteiger partial charge in [0.25, 0.3) is 0 Å². The molecule has 0 N–H and O–H groups in total. The van der Waals surface area contributed by atoms with Crippen LogP contribution in [0.15, 0.2) is 0 Å². The zero-order valence-electron chi connectivity index (χ0n) is 8.12. The number of rotatable bonds is 2. The van der Waals surface area contributed by atoms with E-state index in [1.54, 1.807) is 0 Å². The third kappa shape index (κ3) is 1.80. The predicted molar refractivity (Wildman–Crippen MR) is 49.2 cm³/mol. The molecule has 0 aromatic heterocycles. The van der Waals surface area contributed by atoms with Crippen molar-refractivity contribution >= 4 is 0 Å². The number of ether oxygens (including phenoxy) is 1. The number of hydrogen-bond donors (Lipinski definition) is 0. The molecule has 0 amide bonds. The molecule has 0 aromatic rings. The Bertz CT molecular complexity index is 146. The van der Waals surface area contributed by atoms with Gasteiger partial charge in [0.15, 0.2) is 0 Å². The number of likely N-dealkylation sites (tertiary alicyclic amines) is 1. The minimum Gasteiger partial charge on any atom is -0.372 e. The quantitative estimate of drug-likeness (QED) is 0.584. The zero-order valence-corrected chi connectivity index (χ0v) is 8.12. The van der Waals surface area contributed by atoms with Crippen molar-refractivity contribution in [1.82, 2.24) is 4.90 Å². The number of nitrogens with zero attached hydrogens (tertiary/aromatic N) is 1. The van der Waals surface area contributed by atoms with Crippen molar-refractivity contribution in [2.45, 2.75) is 51.3 Å². The maximum atomic E-state index is 5.27. The Morgan fingerprint density at radius 3 is 2.33 bits per heavy atom. The summed E-state index contributed by atoms with van der Waals surface area (Å²) in [6.45, 7) is 6.86. The first-order valence-corrected chi connectivity index (χ1v) is 5.14. The van der Waals surface area contributed by atoms with Gasteiger partial charge in [0, 0.05) is 18.6 Å². The van der Waals surface area contributed by atoms with Crippen LogP contribution in [0, 0.1) is 0 Å². The fourth-order valence-electron chi connectivity index (χ4n) is 2.24. The van der Waals surface area contributed by atoms with E-state index in [-0.39, 0.29) is 0 Å². The van der Waals surface area contributed by atoms with Crippen molar-refractivity contribution in [2.24, 2.45) is 0 Å². The summed E-state index contributed by atoms with van der Waals surface area (Å²) < 4.78 is 5.27. The van der Waals surface area contributed by atoms with Crippen LogP contribution in [0.3, 0.4) is 0 Å². The largest absolute Gasteiger partial charge is 0.372 e. The summed E-state index contributed by atoms with van der Waals surface area (Å²) in [5, 5.41) is 0. The Morgan fingerprint density at radius 1 is 1.25 bits per heavy atom. The molecular weight excluding hydrogens is 150 g/mol. The summed E-state index contributed by atoms with van der Waals surface area (Å²) in [5.74, 6) is 0. The lowest BCUT2D eigenvalue weighted by atomic mass is 9.97. The van der Waals surface area contributed by atoms with E-state index in [9.17, 15) is 0 Å². The van der Waals surface area contributed by atoms with E-state index < -0.39 is 0 Å². The van der Waals surface area contributed by atoms with E-state index in [2.05, 4.69) is 18.7 Å². The van der Waals surface area contributed by atoms with E-state index in [1.165, 1.54) is 25.8 Å². The second kappa shape index (κ2) is 3.35. The molecular formula is C10H19NO. The minimum atomic E-state index is 0.563. The number of epoxide rings is 1. The summed E-state index contributed by atoms with van der Waals surface area (Å²) in [6, 6.07) is 1.55. The smallest absolute Gasteiger partial charge is 0.0936 e. The molecule has 2 heterocycles. The maximum absolute atomic E-state index is 5.27. The minimum absolute atomic E-state index is 0.563. The van der Waals surface area contributed by atoms with Gasteiger partial charge in [-0.25, -0.2) is 0 Å².